The molecule has 0 aliphatic rings. The van der Waals surface area contributed by atoms with Gasteiger partial charge in [-0.2, -0.15) is 13.2 Å². The molecule has 0 aliphatic heterocycles. The quantitative estimate of drug-likeness (QED) is 0.845. The molecular weight excluding hydrogens is 261 g/mol. The maximum atomic E-state index is 12.4. The van der Waals surface area contributed by atoms with Gasteiger partial charge in [-0.15, -0.1) is 0 Å². The van der Waals surface area contributed by atoms with Crippen molar-refractivity contribution in [2.45, 2.75) is 19.5 Å². The van der Waals surface area contributed by atoms with Crippen molar-refractivity contribution in [3.63, 3.8) is 0 Å². The molecule has 2 nitrogen and oxygen atoms in total. The molecule has 0 aromatic heterocycles. The van der Waals surface area contributed by atoms with E-state index in [1.165, 1.54) is 0 Å². The highest BCUT2D eigenvalue weighted by molar-refractivity contribution is 7.80. The third-order valence-corrected chi connectivity index (χ3v) is 2.54. The summed E-state index contributed by atoms with van der Waals surface area (Å²) >= 11 is 5.01. The molecular formula is C12H15F3N2S. The number of thiocarbonyl (C=S) groups is 1. The van der Waals surface area contributed by atoms with E-state index in [1.54, 1.807) is 24.3 Å². The number of hydrogen-bond donors (Lipinski definition) is 1. The molecule has 0 spiro atoms. The van der Waals surface area contributed by atoms with Crippen LogP contribution >= 0.6 is 12.2 Å². The van der Waals surface area contributed by atoms with E-state index in [2.05, 4.69) is 5.32 Å². The van der Waals surface area contributed by atoms with Crippen LogP contribution < -0.4 is 5.32 Å². The molecule has 0 heterocycles. The Balaban J connectivity index is 2.65. The summed E-state index contributed by atoms with van der Waals surface area (Å²) < 4.78 is 37.2. The zero-order valence-corrected chi connectivity index (χ0v) is 10.8. The molecule has 1 rings (SSSR count). The molecule has 0 saturated heterocycles. The van der Waals surface area contributed by atoms with Crippen LogP contribution in [-0.2, 0) is 0 Å². The molecule has 0 bridgehead atoms. The Morgan fingerprint density at radius 2 is 1.89 bits per heavy atom. The third-order valence-electron chi connectivity index (χ3n) is 2.18. The van der Waals surface area contributed by atoms with Crippen molar-refractivity contribution in [3.8, 4) is 0 Å². The van der Waals surface area contributed by atoms with Gasteiger partial charge in [-0.1, -0.05) is 25.1 Å². The van der Waals surface area contributed by atoms with Crippen molar-refractivity contribution in [1.82, 2.24) is 4.90 Å². The Hall–Kier alpha value is -1.30. The number of hydrogen-bond acceptors (Lipinski definition) is 1. The molecule has 0 fully saturated rings. The predicted octanol–water partition coefficient (Wildman–Crippen LogP) is 3.66. The van der Waals surface area contributed by atoms with Gasteiger partial charge in [0, 0.05) is 12.2 Å². The summed E-state index contributed by atoms with van der Waals surface area (Å²) in [6, 6.07) is 8.92. The minimum absolute atomic E-state index is 0.0976. The van der Waals surface area contributed by atoms with Gasteiger partial charge in [0.15, 0.2) is 5.11 Å². The molecule has 0 amide bonds. The molecule has 18 heavy (non-hydrogen) atoms. The number of alkyl halides is 3. The second-order valence-electron chi connectivity index (χ2n) is 3.83. The second kappa shape index (κ2) is 6.58. The lowest BCUT2D eigenvalue weighted by Crippen LogP contribution is -2.41. The van der Waals surface area contributed by atoms with Crippen LogP contribution in [-0.4, -0.2) is 29.3 Å². The highest BCUT2D eigenvalue weighted by Gasteiger charge is 2.31. The van der Waals surface area contributed by atoms with Crippen molar-refractivity contribution >= 4 is 23.0 Å². The van der Waals surface area contributed by atoms with E-state index >= 15 is 0 Å². The fourth-order valence-electron chi connectivity index (χ4n) is 1.46. The van der Waals surface area contributed by atoms with Crippen LogP contribution in [0.4, 0.5) is 18.9 Å². The monoisotopic (exact) mass is 276 g/mol. The Labute approximate surface area is 110 Å². The van der Waals surface area contributed by atoms with Gasteiger partial charge < -0.3 is 10.2 Å². The molecule has 0 atom stereocenters. The first-order valence-electron chi connectivity index (χ1n) is 5.60. The molecule has 6 heteroatoms. The molecule has 1 aromatic carbocycles. The van der Waals surface area contributed by atoms with Crippen molar-refractivity contribution in [3.05, 3.63) is 30.3 Å². The number of para-hydroxylation sites is 1. The predicted molar refractivity (Wildman–Crippen MR) is 70.6 cm³/mol. The van der Waals surface area contributed by atoms with E-state index in [4.69, 9.17) is 12.2 Å². The van der Waals surface area contributed by atoms with Gasteiger partial charge in [0.1, 0.15) is 6.54 Å². The number of nitrogens with zero attached hydrogens (tertiary/aromatic N) is 1. The van der Waals surface area contributed by atoms with Gasteiger partial charge in [-0.25, -0.2) is 0 Å². The smallest absolute Gasteiger partial charge is 0.340 e. The van der Waals surface area contributed by atoms with E-state index in [0.29, 0.717) is 12.1 Å². The summed E-state index contributed by atoms with van der Waals surface area (Å²) in [5.41, 5.74) is 0.686. The zero-order chi connectivity index (χ0) is 13.6. The van der Waals surface area contributed by atoms with E-state index < -0.39 is 12.7 Å². The third kappa shape index (κ3) is 5.35. The van der Waals surface area contributed by atoms with Crippen LogP contribution in [0.15, 0.2) is 30.3 Å². The van der Waals surface area contributed by atoms with Gasteiger partial charge in [-0.05, 0) is 30.8 Å². The van der Waals surface area contributed by atoms with Crippen LogP contribution in [0.25, 0.3) is 0 Å². The fraction of sp³-hybridized carbons (Fsp3) is 0.417. The molecule has 0 aliphatic carbocycles. The molecule has 0 saturated carbocycles. The number of rotatable bonds is 4. The minimum atomic E-state index is -4.25. The number of nitrogens with one attached hydrogen (secondary N) is 1. The minimum Gasteiger partial charge on any atom is -0.340 e. The lowest BCUT2D eigenvalue weighted by Gasteiger charge is -2.26. The van der Waals surface area contributed by atoms with Gasteiger partial charge in [0.25, 0.3) is 0 Å². The van der Waals surface area contributed by atoms with E-state index in [-0.39, 0.29) is 11.7 Å². The highest BCUT2D eigenvalue weighted by Crippen LogP contribution is 2.17. The lowest BCUT2D eigenvalue weighted by molar-refractivity contribution is -0.137. The summed E-state index contributed by atoms with van der Waals surface area (Å²) in [5.74, 6) is 0. The molecule has 0 radical (unpaired) electrons. The summed E-state index contributed by atoms with van der Waals surface area (Å²) in [6.45, 7) is 1.06. The maximum absolute atomic E-state index is 12.4. The Kier molecular flexibility index (Phi) is 5.40. The first kappa shape index (κ1) is 14.8. The van der Waals surface area contributed by atoms with Crippen molar-refractivity contribution in [1.29, 1.82) is 0 Å². The Morgan fingerprint density at radius 3 is 2.39 bits per heavy atom. The SMILES string of the molecule is CCCN(CC(F)(F)F)C(=S)Nc1ccccc1. The zero-order valence-electron chi connectivity index (χ0n) is 10.00. The Bertz CT molecular complexity index is 379. The average Bonchev–Trinajstić information content (AvgIpc) is 2.28. The average molecular weight is 276 g/mol. The normalized spacial score (nSPS) is 11.1. The molecule has 0 unspecified atom stereocenters. The number of benzene rings is 1. The number of anilines is 1. The summed E-state index contributed by atoms with van der Waals surface area (Å²) in [7, 11) is 0. The van der Waals surface area contributed by atoms with Gasteiger partial charge >= 0.3 is 6.18 Å². The summed E-state index contributed by atoms with van der Waals surface area (Å²) in [4.78, 5) is 1.13. The standard InChI is InChI=1S/C12H15F3N2S/c1-2-8-17(9-12(13,14)15)11(18)16-10-6-4-3-5-7-10/h3-7H,2,8-9H2,1H3,(H,16,18). The van der Waals surface area contributed by atoms with Gasteiger partial charge in [0.05, 0.1) is 0 Å². The topological polar surface area (TPSA) is 15.3 Å². The largest absolute Gasteiger partial charge is 0.406 e. The van der Waals surface area contributed by atoms with Crippen molar-refractivity contribution in [2.24, 2.45) is 0 Å². The Morgan fingerprint density at radius 1 is 1.28 bits per heavy atom. The van der Waals surface area contributed by atoms with Crippen molar-refractivity contribution < 1.29 is 13.2 Å². The summed E-state index contributed by atoms with van der Waals surface area (Å²) in [5, 5.41) is 2.90. The first-order valence-corrected chi connectivity index (χ1v) is 6.01. The van der Waals surface area contributed by atoms with Crippen LogP contribution in [0.2, 0.25) is 0 Å². The highest BCUT2D eigenvalue weighted by atomic mass is 32.1. The lowest BCUT2D eigenvalue weighted by atomic mass is 10.3. The van der Waals surface area contributed by atoms with Crippen molar-refractivity contribution in [2.75, 3.05) is 18.4 Å². The van der Waals surface area contributed by atoms with E-state index in [0.717, 1.165) is 4.90 Å². The molecule has 1 N–H and O–H groups in total. The van der Waals surface area contributed by atoms with Crippen LogP contribution in [0, 0.1) is 0 Å². The number of halogens is 3. The fourth-order valence-corrected chi connectivity index (χ4v) is 1.74. The van der Waals surface area contributed by atoms with Crippen LogP contribution in [0.5, 0.6) is 0 Å². The van der Waals surface area contributed by atoms with Crippen LogP contribution in [0.3, 0.4) is 0 Å². The molecule has 1 aromatic rings. The molecule has 100 valence electrons. The summed E-state index contributed by atoms with van der Waals surface area (Å²) in [6.07, 6.45) is -3.65. The second-order valence-corrected chi connectivity index (χ2v) is 4.22. The van der Waals surface area contributed by atoms with E-state index in [1.807, 2.05) is 13.0 Å². The van der Waals surface area contributed by atoms with Gasteiger partial charge in [0.2, 0.25) is 0 Å². The maximum Gasteiger partial charge on any atom is 0.406 e. The van der Waals surface area contributed by atoms with Gasteiger partial charge in [-0.3, -0.25) is 0 Å². The first-order chi connectivity index (χ1) is 8.42. The van der Waals surface area contributed by atoms with E-state index in [9.17, 15) is 13.2 Å². The van der Waals surface area contributed by atoms with Crippen LogP contribution in [0.1, 0.15) is 13.3 Å².